The molecule has 0 N–H and O–H groups in total. The van der Waals surface area contributed by atoms with Crippen molar-refractivity contribution in [1.82, 2.24) is 19.7 Å². The number of hydrogen-bond acceptors (Lipinski definition) is 6. The number of carbonyl (C=O) groups excluding carboxylic acids is 2. The van der Waals surface area contributed by atoms with Crippen LogP contribution in [0.5, 0.6) is 0 Å². The van der Waals surface area contributed by atoms with Gasteiger partial charge < -0.3 is 9.64 Å². The van der Waals surface area contributed by atoms with Gasteiger partial charge in [0.05, 0.1) is 17.1 Å². The molecule has 0 atom stereocenters. The van der Waals surface area contributed by atoms with Crippen molar-refractivity contribution >= 4 is 34.2 Å². The number of esters is 1. The van der Waals surface area contributed by atoms with Crippen LogP contribution in [0.2, 0.25) is 0 Å². The topological polar surface area (TPSA) is 77.3 Å². The Labute approximate surface area is 179 Å². The van der Waals surface area contributed by atoms with Gasteiger partial charge in [-0.25, -0.2) is 14.5 Å². The van der Waals surface area contributed by atoms with Crippen molar-refractivity contribution in [3.63, 3.8) is 0 Å². The van der Waals surface area contributed by atoms with Gasteiger partial charge in [0.15, 0.2) is 12.3 Å². The Bertz CT molecular complexity index is 1100. The van der Waals surface area contributed by atoms with Crippen LogP contribution in [0.15, 0.2) is 23.7 Å². The zero-order valence-electron chi connectivity index (χ0n) is 17.7. The predicted octanol–water partition coefficient (Wildman–Crippen LogP) is 3.94. The molecule has 1 amide bonds. The summed E-state index contributed by atoms with van der Waals surface area (Å²) in [6.07, 6.45) is 2.50. The lowest BCUT2D eigenvalue weighted by molar-refractivity contribution is -0.135. The Morgan fingerprint density at radius 1 is 1.27 bits per heavy atom. The van der Waals surface area contributed by atoms with Gasteiger partial charge in [-0.05, 0) is 49.3 Å². The van der Waals surface area contributed by atoms with Gasteiger partial charge in [-0.3, -0.25) is 4.79 Å². The van der Waals surface area contributed by atoms with Crippen molar-refractivity contribution in [2.75, 3.05) is 13.2 Å². The fraction of sp³-hybridized carbons (Fsp3) is 0.455. The first kappa shape index (κ1) is 20.5. The molecule has 0 spiro atoms. The second-order valence-corrected chi connectivity index (χ2v) is 9.18. The van der Waals surface area contributed by atoms with Crippen molar-refractivity contribution in [2.24, 2.45) is 0 Å². The van der Waals surface area contributed by atoms with Gasteiger partial charge in [0.1, 0.15) is 0 Å². The van der Waals surface area contributed by atoms with E-state index in [0.29, 0.717) is 29.7 Å². The molecule has 3 aromatic rings. The summed E-state index contributed by atoms with van der Waals surface area (Å²) in [5, 5.41) is 7.09. The lowest BCUT2D eigenvalue weighted by Gasteiger charge is -2.26. The van der Waals surface area contributed by atoms with Gasteiger partial charge in [0, 0.05) is 29.7 Å². The van der Waals surface area contributed by atoms with Gasteiger partial charge in [0.2, 0.25) is 0 Å². The number of amides is 1. The summed E-state index contributed by atoms with van der Waals surface area (Å²) in [6.45, 7) is 9.05. The SMILES string of the molecule is CC(C)c1cc(C(=O)OCC(=O)N2CCc3sccc3C2)c2cnn(C(C)C)c2n1. The van der Waals surface area contributed by atoms with Crippen LogP contribution >= 0.6 is 11.3 Å². The summed E-state index contributed by atoms with van der Waals surface area (Å²) in [5.41, 5.74) is 3.05. The first-order chi connectivity index (χ1) is 14.3. The van der Waals surface area contributed by atoms with E-state index >= 15 is 0 Å². The van der Waals surface area contributed by atoms with Crippen LogP contribution in [0.3, 0.4) is 0 Å². The monoisotopic (exact) mass is 426 g/mol. The summed E-state index contributed by atoms with van der Waals surface area (Å²) in [6, 6.07) is 3.92. The van der Waals surface area contributed by atoms with Gasteiger partial charge in [-0.2, -0.15) is 5.10 Å². The normalized spacial score (nSPS) is 13.9. The molecule has 0 unspecified atom stereocenters. The standard InChI is InChI=1S/C22H26N4O3S/c1-13(2)18-9-16(17-10-23-26(14(3)4)21(17)24-18)22(28)29-12-20(27)25-7-5-19-15(11-25)6-8-30-19/h6,8-10,13-14H,5,7,11-12H2,1-4H3. The van der Waals surface area contributed by atoms with Gasteiger partial charge >= 0.3 is 5.97 Å². The molecule has 1 aliphatic rings. The number of ether oxygens (including phenoxy) is 1. The van der Waals surface area contributed by atoms with Crippen molar-refractivity contribution in [1.29, 1.82) is 0 Å². The van der Waals surface area contributed by atoms with Crippen LogP contribution in [0.4, 0.5) is 0 Å². The fourth-order valence-electron chi connectivity index (χ4n) is 3.64. The molecule has 0 bridgehead atoms. The lowest BCUT2D eigenvalue weighted by Crippen LogP contribution is -2.38. The van der Waals surface area contributed by atoms with Crippen LogP contribution in [0.25, 0.3) is 11.0 Å². The van der Waals surface area contributed by atoms with E-state index in [1.807, 2.05) is 27.7 Å². The number of hydrogen-bond donors (Lipinski definition) is 0. The first-order valence-corrected chi connectivity index (χ1v) is 11.1. The van der Waals surface area contributed by atoms with E-state index in [0.717, 1.165) is 12.1 Å². The van der Waals surface area contributed by atoms with Gasteiger partial charge in [0.25, 0.3) is 5.91 Å². The molecule has 0 fully saturated rings. The molecule has 0 aliphatic carbocycles. The van der Waals surface area contributed by atoms with Crippen molar-refractivity contribution < 1.29 is 14.3 Å². The summed E-state index contributed by atoms with van der Waals surface area (Å²) < 4.78 is 7.23. The molecule has 0 saturated heterocycles. The average Bonchev–Trinajstić information content (AvgIpc) is 3.36. The zero-order chi connectivity index (χ0) is 21.4. The molecule has 0 saturated carbocycles. The molecule has 158 valence electrons. The zero-order valence-corrected chi connectivity index (χ0v) is 18.5. The van der Waals surface area contributed by atoms with E-state index in [-0.39, 0.29) is 24.5 Å². The fourth-order valence-corrected chi connectivity index (χ4v) is 4.53. The maximum atomic E-state index is 12.9. The maximum Gasteiger partial charge on any atom is 0.339 e. The van der Waals surface area contributed by atoms with Gasteiger partial charge in [-0.15, -0.1) is 11.3 Å². The number of thiophene rings is 1. The highest BCUT2D eigenvalue weighted by Crippen LogP contribution is 2.26. The van der Waals surface area contributed by atoms with E-state index in [1.54, 1.807) is 33.2 Å². The molecule has 30 heavy (non-hydrogen) atoms. The Hall–Kier alpha value is -2.74. The number of pyridine rings is 1. The smallest absolute Gasteiger partial charge is 0.339 e. The average molecular weight is 427 g/mol. The molecule has 4 heterocycles. The Morgan fingerprint density at radius 2 is 2.07 bits per heavy atom. The van der Waals surface area contributed by atoms with Crippen molar-refractivity contribution in [3.05, 3.63) is 45.4 Å². The molecule has 0 radical (unpaired) electrons. The number of nitrogens with zero attached hydrogens (tertiary/aromatic N) is 4. The largest absolute Gasteiger partial charge is 0.452 e. The van der Waals surface area contributed by atoms with Crippen LogP contribution in [0, 0.1) is 0 Å². The predicted molar refractivity (Wildman–Crippen MR) is 116 cm³/mol. The highest BCUT2D eigenvalue weighted by molar-refractivity contribution is 7.10. The Kier molecular flexibility index (Phi) is 5.60. The third-order valence-electron chi connectivity index (χ3n) is 5.37. The van der Waals surface area contributed by atoms with Crippen LogP contribution < -0.4 is 0 Å². The molecule has 4 rings (SSSR count). The van der Waals surface area contributed by atoms with Crippen molar-refractivity contribution in [2.45, 2.75) is 52.6 Å². The Morgan fingerprint density at radius 3 is 2.80 bits per heavy atom. The molecular formula is C22H26N4O3S. The molecule has 7 nitrogen and oxygen atoms in total. The summed E-state index contributed by atoms with van der Waals surface area (Å²) in [5.74, 6) is -0.548. The third-order valence-corrected chi connectivity index (χ3v) is 6.40. The summed E-state index contributed by atoms with van der Waals surface area (Å²) in [7, 11) is 0. The molecular weight excluding hydrogens is 400 g/mol. The van der Waals surface area contributed by atoms with Crippen LogP contribution in [-0.2, 0) is 22.5 Å². The number of carbonyl (C=O) groups is 2. The lowest BCUT2D eigenvalue weighted by atomic mass is 10.1. The van der Waals surface area contributed by atoms with E-state index in [4.69, 9.17) is 9.72 Å². The molecule has 1 aliphatic heterocycles. The van der Waals surface area contributed by atoms with Gasteiger partial charge in [-0.1, -0.05) is 13.8 Å². The highest BCUT2D eigenvalue weighted by atomic mass is 32.1. The van der Waals surface area contributed by atoms with E-state index in [9.17, 15) is 9.59 Å². The Balaban J connectivity index is 1.52. The molecule has 0 aromatic carbocycles. The maximum absolute atomic E-state index is 12.9. The molecule has 3 aromatic heterocycles. The minimum Gasteiger partial charge on any atom is -0.452 e. The van der Waals surface area contributed by atoms with E-state index < -0.39 is 5.97 Å². The molecule has 8 heteroatoms. The second kappa shape index (κ2) is 8.18. The minimum absolute atomic E-state index is 0.115. The highest BCUT2D eigenvalue weighted by Gasteiger charge is 2.24. The quantitative estimate of drug-likeness (QED) is 0.578. The van der Waals surface area contributed by atoms with Crippen molar-refractivity contribution in [3.8, 4) is 0 Å². The van der Waals surface area contributed by atoms with E-state index in [1.165, 1.54) is 10.4 Å². The number of rotatable bonds is 5. The second-order valence-electron chi connectivity index (χ2n) is 8.18. The summed E-state index contributed by atoms with van der Waals surface area (Å²) in [4.78, 5) is 33.3. The third kappa shape index (κ3) is 3.84. The first-order valence-electron chi connectivity index (χ1n) is 10.2. The van der Waals surface area contributed by atoms with Crippen LogP contribution in [0.1, 0.15) is 66.1 Å². The summed E-state index contributed by atoms with van der Waals surface area (Å²) >= 11 is 1.73. The van der Waals surface area contributed by atoms with Crippen LogP contribution in [-0.4, -0.2) is 44.7 Å². The number of fused-ring (bicyclic) bond motifs is 2. The number of aromatic nitrogens is 3. The minimum atomic E-state index is -0.519. The van der Waals surface area contributed by atoms with E-state index in [2.05, 4.69) is 16.5 Å².